The number of aromatic nitrogens is 2. The molecule has 2 aliphatic rings. The van der Waals surface area contributed by atoms with Gasteiger partial charge in [0.1, 0.15) is 5.69 Å². The molecule has 2 saturated heterocycles. The van der Waals surface area contributed by atoms with Crippen molar-refractivity contribution in [3.8, 4) is 0 Å². The van der Waals surface area contributed by atoms with Crippen molar-refractivity contribution in [1.82, 2.24) is 9.97 Å². The van der Waals surface area contributed by atoms with E-state index in [1.54, 1.807) is 12.4 Å². The summed E-state index contributed by atoms with van der Waals surface area (Å²) in [5, 5.41) is 0.443. The van der Waals surface area contributed by atoms with Gasteiger partial charge >= 0.3 is 0 Å². The number of fused-ring (bicyclic) bond motifs is 2. The van der Waals surface area contributed by atoms with Crippen molar-refractivity contribution in [2.45, 2.75) is 49.5 Å². The van der Waals surface area contributed by atoms with E-state index in [0.29, 0.717) is 5.69 Å². The van der Waals surface area contributed by atoms with Gasteiger partial charge in [0.05, 0.1) is 11.9 Å². The number of rotatable bonds is 2. The highest BCUT2D eigenvalue weighted by molar-refractivity contribution is 7.86. The molecular weight excluding hydrogens is 260 g/mol. The Balaban J connectivity index is 1.80. The maximum Gasteiger partial charge on any atom is 0.185 e. The molecule has 1 aromatic rings. The second kappa shape index (κ2) is 5.12. The molecule has 0 N–H and O–H groups in total. The molecule has 1 aromatic heterocycles. The molecule has 3 rings (SSSR count). The van der Waals surface area contributed by atoms with Crippen LogP contribution in [0, 0.1) is 12.8 Å². The van der Waals surface area contributed by atoms with E-state index in [1.807, 2.05) is 6.92 Å². The van der Waals surface area contributed by atoms with Crippen molar-refractivity contribution < 1.29 is 9.00 Å². The molecule has 3 heterocycles. The maximum atomic E-state index is 12.5. The van der Waals surface area contributed by atoms with Gasteiger partial charge in [-0.25, -0.2) is 4.98 Å². The lowest BCUT2D eigenvalue weighted by molar-refractivity contribution is 0.0889. The second-order valence-corrected chi connectivity index (χ2v) is 7.57. The van der Waals surface area contributed by atoms with E-state index >= 15 is 0 Å². The number of hydrogen-bond acceptors (Lipinski definition) is 4. The molecule has 2 aliphatic heterocycles. The van der Waals surface area contributed by atoms with E-state index in [1.165, 1.54) is 0 Å². The van der Waals surface area contributed by atoms with Gasteiger partial charge < -0.3 is 0 Å². The Morgan fingerprint density at radius 1 is 1.26 bits per heavy atom. The van der Waals surface area contributed by atoms with Crippen LogP contribution in [0.1, 0.15) is 48.3 Å². The summed E-state index contributed by atoms with van der Waals surface area (Å²) in [5.41, 5.74) is 1.24. The van der Waals surface area contributed by atoms with Crippen LogP contribution in [-0.2, 0) is 10.8 Å². The summed E-state index contributed by atoms with van der Waals surface area (Å²) in [6.07, 6.45) is 7.90. The molecule has 5 heteroatoms. The van der Waals surface area contributed by atoms with Crippen molar-refractivity contribution in [2.24, 2.45) is 5.92 Å². The summed E-state index contributed by atoms with van der Waals surface area (Å²) < 4.78 is 12.1. The number of aryl methyl sites for hydroxylation is 1. The number of nitrogens with zero attached hydrogens (tertiary/aromatic N) is 2. The van der Waals surface area contributed by atoms with Crippen LogP contribution in [0.3, 0.4) is 0 Å². The first-order valence-electron chi connectivity index (χ1n) is 6.87. The van der Waals surface area contributed by atoms with Crippen molar-refractivity contribution in [3.63, 3.8) is 0 Å². The van der Waals surface area contributed by atoms with E-state index in [0.717, 1.165) is 37.8 Å². The molecular formula is C14H18N2O2S. The number of hydrogen-bond donors (Lipinski definition) is 0. The highest BCUT2D eigenvalue weighted by Gasteiger charge is 2.40. The van der Waals surface area contributed by atoms with E-state index < -0.39 is 10.8 Å². The summed E-state index contributed by atoms with van der Waals surface area (Å²) in [4.78, 5) is 20.8. The van der Waals surface area contributed by atoms with Crippen molar-refractivity contribution >= 4 is 16.6 Å². The Hall–Kier alpha value is -1.10. The van der Waals surface area contributed by atoms with Crippen LogP contribution in [-0.4, -0.2) is 30.5 Å². The zero-order valence-corrected chi connectivity index (χ0v) is 11.9. The Kier molecular flexibility index (Phi) is 3.48. The Bertz CT molecular complexity index is 516. The molecule has 0 radical (unpaired) electrons. The van der Waals surface area contributed by atoms with Crippen molar-refractivity contribution in [1.29, 1.82) is 0 Å². The molecule has 2 unspecified atom stereocenters. The first-order chi connectivity index (χ1) is 9.15. The minimum atomic E-state index is -0.722. The normalized spacial score (nSPS) is 33.9. The fraction of sp³-hybridized carbons (Fsp3) is 0.643. The van der Waals surface area contributed by atoms with Gasteiger partial charge in [0.25, 0.3) is 0 Å². The summed E-state index contributed by atoms with van der Waals surface area (Å²) in [6, 6.07) is 0. The molecule has 0 amide bonds. The third-order valence-corrected chi connectivity index (χ3v) is 6.35. The standard InChI is InChI=1S/C14H18N2O2S/c1-9-7-15-8-13(16-9)14(17)10-5-11-3-2-4-12(6-10)19(11)18/h7-8,10-12H,2-6H2,1H3. The Morgan fingerprint density at radius 3 is 2.58 bits per heavy atom. The lowest BCUT2D eigenvalue weighted by Gasteiger charge is -2.37. The van der Waals surface area contributed by atoms with Gasteiger partial charge in [-0.15, -0.1) is 0 Å². The van der Waals surface area contributed by atoms with Gasteiger partial charge in [0.2, 0.25) is 0 Å². The third-order valence-electron chi connectivity index (χ3n) is 4.18. The molecule has 0 saturated carbocycles. The fourth-order valence-electron chi connectivity index (χ4n) is 3.24. The molecule has 102 valence electrons. The number of carbonyl (C=O) groups excluding carboxylic acids is 1. The van der Waals surface area contributed by atoms with E-state index in [4.69, 9.17) is 0 Å². The highest BCUT2D eigenvalue weighted by atomic mass is 32.2. The van der Waals surface area contributed by atoms with E-state index in [2.05, 4.69) is 9.97 Å². The fourth-order valence-corrected chi connectivity index (χ4v) is 5.43. The van der Waals surface area contributed by atoms with Gasteiger partial charge in [-0.05, 0) is 32.6 Å². The van der Waals surface area contributed by atoms with E-state index in [-0.39, 0.29) is 22.2 Å². The van der Waals surface area contributed by atoms with Crippen LogP contribution >= 0.6 is 0 Å². The van der Waals surface area contributed by atoms with Gasteiger partial charge in [0.15, 0.2) is 5.78 Å². The summed E-state index contributed by atoms with van der Waals surface area (Å²) in [5.74, 6) is 0.0777. The van der Waals surface area contributed by atoms with Crippen LogP contribution in [0.4, 0.5) is 0 Å². The predicted octanol–water partition coefficient (Wildman–Crippen LogP) is 2.05. The minimum absolute atomic E-state index is 0.0101. The van der Waals surface area contributed by atoms with Crippen molar-refractivity contribution in [3.05, 3.63) is 23.8 Å². The average Bonchev–Trinajstić information content (AvgIpc) is 2.37. The molecule has 0 aliphatic carbocycles. The molecule has 19 heavy (non-hydrogen) atoms. The van der Waals surface area contributed by atoms with E-state index in [9.17, 15) is 9.00 Å². The second-order valence-electron chi connectivity index (χ2n) is 5.58. The van der Waals surface area contributed by atoms with Crippen LogP contribution < -0.4 is 0 Å². The zero-order chi connectivity index (χ0) is 13.4. The van der Waals surface area contributed by atoms with Gasteiger partial charge in [-0.3, -0.25) is 14.0 Å². The number of carbonyl (C=O) groups is 1. The largest absolute Gasteiger partial charge is 0.292 e. The zero-order valence-electron chi connectivity index (χ0n) is 11.0. The first kappa shape index (κ1) is 12.9. The summed E-state index contributed by atoms with van der Waals surface area (Å²) in [7, 11) is -0.722. The predicted molar refractivity (Wildman–Crippen MR) is 73.4 cm³/mol. The van der Waals surface area contributed by atoms with Gasteiger partial charge in [0, 0.05) is 33.4 Å². The molecule has 2 fully saturated rings. The Morgan fingerprint density at radius 2 is 1.95 bits per heavy atom. The number of ketones is 1. The smallest absolute Gasteiger partial charge is 0.185 e. The lowest BCUT2D eigenvalue weighted by atomic mass is 9.86. The first-order valence-corrected chi connectivity index (χ1v) is 8.15. The average molecular weight is 278 g/mol. The quantitative estimate of drug-likeness (QED) is 0.777. The topological polar surface area (TPSA) is 59.9 Å². The van der Waals surface area contributed by atoms with Crippen LogP contribution in [0.15, 0.2) is 12.4 Å². The van der Waals surface area contributed by atoms with Crippen LogP contribution in [0.2, 0.25) is 0 Å². The summed E-state index contributed by atoms with van der Waals surface area (Å²) in [6.45, 7) is 1.84. The monoisotopic (exact) mass is 278 g/mol. The number of Topliss-reactive ketones (excluding diaryl/α,β-unsaturated/α-hetero) is 1. The molecule has 0 spiro atoms. The molecule has 4 nitrogen and oxygen atoms in total. The van der Waals surface area contributed by atoms with Gasteiger partial charge in [-0.1, -0.05) is 6.42 Å². The van der Waals surface area contributed by atoms with Crippen molar-refractivity contribution in [2.75, 3.05) is 0 Å². The molecule has 2 bridgehead atoms. The van der Waals surface area contributed by atoms with Crippen LogP contribution in [0.5, 0.6) is 0 Å². The molecule has 2 atom stereocenters. The minimum Gasteiger partial charge on any atom is -0.292 e. The van der Waals surface area contributed by atoms with Gasteiger partial charge in [-0.2, -0.15) is 0 Å². The SMILES string of the molecule is Cc1cncc(C(=O)C2CC3CCCC(C2)S3=O)n1. The third kappa shape index (κ3) is 2.48. The Labute approximate surface area is 115 Å². The maximum absolute atomic E-state index is 12.5. The van der Waals surface area contributed by atoms with Crippen LogP contribution in [0.25, 0.3) is 0 Å². The highest BCUT2D eigenvalue weighted by Crippen LogP contribution is 2.37. The summed E-state index contributed by atoms with van der Waals surface area (Å²) >= 11 is 0. The molecule has 0 aromatic carbocycles. The lowest BCUT2D eigenvalue weighted by Crippen LogP contribution is -2.41.